The number of benzene rings is 9. The van der Waals surface area contributed by atoms with Crippen LogP contribution in [0.3, 0.4) is 0 Å². The zero-order valence-electron chi connectivity index (χ0n) is 31.1. The number of furan rings is 1. The molecule has 0 bridgehead atoms. The summed E-state index contributed by atoms with van der Waals surface area (Å²) >= 11 is 0. The molecule has 0 aliphatic heterocycles. The summed E-state index contributed by atoms with van der Waals surface area (Å²) in [6.45, 7) is 0. The van der Waals surface area contributed by atoms with Crippen molar-refractivity contribution in [3.63, 3.8) is 0 Å². The smallest absolute Gasteiger partial charge is 0.137 e. The maximum Gasteiger partial charge on any atom is 0.137 e. The third kappa shape index (κ3) is 4.47. The highest BCUT2D eigenvalue weighted by Gasteiger charge is 2.52. The second-order valence-electron chi connectivity index (χ2n) is 15.1. The van der Waals surface area contributed by atoms with Crippen molar-refractivity contribution in [2.24, 2.45) is 0 Å². The van der Waals surface area contributed by atoms with Gasteiger partial charge >= 0.3 is 0 Å². The first kappa shape index (κ1) is 31.9. The average molecular weight is 726 g/mol. The van der Waals surface area contributed by atoms with Gasteiger partial charge in [-0.15, -0.1) is 0 Å². The summed E-state index contributed by atoms with van der Waals surface area (Å²) in [5, 5.41) is 2.21. The zero-order valence-corrected chi connectivity index (χ0v) is 31.1. The largest absolute Gasteiger partial charge is 0.456 e. The Bertz CT molecular complexity index is 3160. The molecule has 0 saturated heterocycles. The SMILES string of the molecule is c1ccc(N(c2cccc(-c3ccccc3-c3cccc4c3-c3ccccc3C43c4ccccc4-c4ccccc43)c2)c2cccc3oc4ccccc4c23)cc1. The van der Waals surface area contributed by atoms with Gasteiger partial charge in [0, 0.05) is 16.8 Å². The minimum Gasteiger partial charge on any atom is -0.456 e. The number of nitrogens with zero attached hydrogens (tertiary/aromatic N) is 1. The molecule has 0 fully saturated rings. The van der Waals surface area contributed by atoms with Crippen LogP contribution in [0.5, 0.6) is 0 Å². The molecule has 12 rings (SSSR count). The second-order valence-corrected chi connectivity index (χ2v) is 15.1. The molecule has 0 atom stereocenters. The molecule has 266 valence electrons. The Labute approximate surface area is 331 Å². The van der Waals surface area contributed by atoms with Gasteiger partial charge in [0.2, 0.25) is 0 Å². The summed E-state index contributed by atoms with van der Waals surface area (Å²) in [5.41, 5.74) is 20.1. The van der Waals surface area contributed by atoms with E-state index in [4.69, 9.17) is 4.42 Å². The summed E-state index contributed by atoms with van der Waals surface area (Å²) in [4.78, 5) is 2.37. The number of rotatable bonds is 5. The Balaban J connectivity index is 1.07. The normalized spacial score (nSPS) is 13.1. The van der Waals surface area contributed by atoms with Gasteiger partial charge in [-0.2, -0.15) is 0 Å². The number of para-hydroxylation sites is 2. The van der Waals surface area contributed by atoms with E-state index in [2.05, 4.69) is 205 Å². The van der Waals surface area contributed by atoms with Gasteiger partial charge in [-0.05, 0) is 109 Å². The van der Waals surface area contributed by atoms with Crippen molar-refractivity contribution < 1.29 is 4.42 Å². The van der Waals surface area contributed by atoms with Crippen LogP contribution in [0, 0.1) is 0 Å². The van der Waals surface area contributed by atoms with Crippen LogP contribution in [0.4, 0.5) is 17.1 Å². The summed E-state index contributed by atoms with van der Waals surface area (Å²) in [6, 6.07) is 77.4. The van der Waals surface area contributed by atoms with Crippen LogP contribution in [-0.2, 0) is 5.41 Å². The fourth-order valence-corrected chi connectivity index (χ4v) is 10.1. The van der Waals surface area contributed by atoms with Crippen molar-refractivity contribution >= 4 is 39.0 Å². The lowest BCUT2D eigenvalue weighted by Gasteiger charge is -2.30. The van der Waals surface area contributed by atoms with Gasteiger partial charge in [0.15, 0.2) is 0 Å². The summed E-state index contributed by atoms with van der Waals surface area (Å²) in [6.07, 6.45) is 0. The van der Waals surface area contributed by atoms with E-state index in [0.717, 1.165) is 44.6 Å². The first-order valence-electron chi connectivity index (χ1n) is 19.7. The Morgan fingerprint density at radius 2 is 0.877 bits per heavy atom. The second kappa shape index (κ2) is 12.3. The third-order valence-corrected chi connectivity index (χ3v) is 12.3. The summed E-state index contributed by atoms with van der Waals surface area (Å²) in [7, 11) is 0. The van der Waals surface area contributed by atoms with Gasteiger partial charge in [0.1, 0.15) is 11.2 Å². The monoisotopic (exact) mass is 725 g/mol. The molecule has 0 unspecified atom stereocenters. The number of anilines is 3. The van der Waals surface area contributed by atoms with E-state index in [1.807, 2.05) is 12.1 Å². The Hall–Kier alpha value is -7.42. The minimum absolute atomic E-state index is 0.390. The van der Waals surface area contributed by atoms with Crippen LogP contribution in [0.1, 0.15) is 22.3 Å². The molecule has 2 aliphatic carbocycles. The fourth-order valence-electron chi connectivity index (χ4n) is 10.1. The molecular weight excluding hydrogens is 691 g/mol. The van der Waals surface area contributed by atoms with Crippen molar-refractivity contribution in [2.75, 3.05) is 4.90 Å². The van der Waals surface area contributed by atoms with Gasteiger partial charge in [0.05, 0.1) is 16.5 Å². The van der Waals surface area contributed by atoms with Gasteiger partial charge < -0.3 is 9.32 Å². The van der Waals surface area contributed by atoms with Gasteiger partial charge in [-0.3, -0.25) is 0 Å². The number of hydrogen-bond donors (Lipinski definition) is 0. The van der Waals surface area contributed by atoms with Crippen LogP contribution in [-0.4, -0.2) is 0 Å². The Morgan fingerprint density at radius 1 is 0.351 bits per heavy atom. The highest BCUT2D eigenvalue weighted by molar-refractivity contribution is 6.13. The molecule has 2 aliphatic rings. The molecule has 0 radical (unpaired) electrons. The lowest BCUT2D eigenvalue weighted by atomic mass is 9.70. The molecule has 1 heterocycles. The van der Waals surface area contributed by atoms with E-state index in [1.165, 1.54) is 61.2 Å². The maximum atomic E-state index is 6.38. The lowest BCUT2D eigenvalue weighted by molar-refractivity contribution is 0.669. The van der Waals surface area contributed by atoms with Crippen LogP contribution >= 0.6 is 0 Å². The van der Waals surface area contributed by atoms with Crippen LogP contribution in [0.2, 0.25) is 0 Å². The van der Waals surface area contributed by atoms with E-state index in [-0.39, 0.29) is 0 Å². The molecule has 1 aromatic heterocycles. The molecular formula is C55H35NO. The van der Waals surface area contributed by atoms with E-state index in [1.54, 1.807) is 0 Å². The fraction of sp³-hybridized carbons (Fsp3) is 0.0182. The molecule has 9 aromatic carbocycles. The Morgan fingerprint density at radius 3 is 1.65 bits per heavy atom. The summed E-state index contributed by atoms with van der Waals surface area (Å²) < 4.78 is 6.38. The van der Waals surface area contributed by atoms with Crippen molar-refractivity contribution in [1.82, 2.24) is 0 Å². The van der Waals surface area contributed by atoms with Crippen LogP contribution in [0.25, 0.3) is 66.4 Å². The molecule has 0 N–H and O–H groups in total. The predicted molar refractivity (Wildman–Crippen MR) is 236 cm³/mol. The topological polar surface area (TPSA) is 16.4 Å². The van der Waals surface area contributed by atoms with Crippen LogP contribution < -0.4 is 4.90 Å². The minimum atomic E-state index is -0.390. The number of hydrogen-bond acceptors (Lipinski definition) is 2. The van der Waals surface area contributed by atoms with Crippen molar-refractivity contribution in [3.05, 3.63) is 235 Å². The quantitative estimate of drug-likeness (QED) is 0.176. The Kier molecular flexibility index (Phi) is 6.88. The highest BCUT2D eigenvalue weighted by Crippen LogP contribution is 2.64. The average Bonchev–Trinajstić information content (AvgIpc) is 3.92. The lowest BCUT2D eigenvalue weighted by Crippen LogP contribution is -2.25. The van der Waals surface area contributed by atoms with E-state index >= 15 is 0 Å². The molecule has 1 spiro atoms. The third-order valence-electron chi connectivity index (χ3n) is 12.3. The molecule has 57 heavy (non-hydrogen) atoms. The molecule has 0 saturated carbocycles. The van der Waals surface area contributed by atoms with Crippen LogP contribution in [0.15, 0.2) is 217 Å². The van der Waals surface area contributed by atoms with Gasteiger partial charge in [-0.25, -0.2) is 0 Å². The summed E-state index contributed by atoms with van der Waals surface area (Å²) in [5.74, 6) is 0. The zero-order chi connectivity index (χ0) is 37.5. The first-order valence-corrected chi connectivity index (χ1v) is 19.7. The molecule has 2 heteroatoms. The predicted octanol–water partition coefficient (Wildman–Crippen LogP) is 14.7. The maximum absolute atomic E-state index is 6.38. The van der Waals surface area contributed by atoms with Gasteiger partial charge in [-0.1, -0.05) is 170 Å². The van der Waals surface area contributed by atoms with E-state index in [9.17, 15) is 0 Å². The van der Waals surface area contributed by atoms with Crippen molar-refractivity contribution in [3.8, 4) is 44.5 Å². The first-order chi connectivity index (χ1) is 28.3. The van der Waals surface area contributed by atoms with Crippen molar-refractivity contribution in [2.45, 2.75) is 5.41 Å². The molecule has 0 amide bonds. The van der Waals surface area contributed by atoms with Gasteiger partial charge in [0.25, 0.3) is 0 Å². The number of fused-ring (bicyclic) bond motifs is 13. The van der Waals surface area contributed by atoms with E-state index < -0.39 is 5.41 Å². The van der Waals surface area contributed by atoms with Crippen molar-refractivity contribution in [1.29, 1.82) is 0 Å². The highest BCUT2D eigenvalue weighted by atomic mass is 16.3. The standard InChI is InChI=1S/C55H35NO/c1-2-18-37(19-3-1)56(50-32-16-34-52-54(50)45-26-9-13-33-51(45)57-52)38-20-14-17-36(35-38)39-21-4-5-22-40(39)43-27-15-31-49-53(43)44-25-8-12-30-48(44)55(49)46-28-10-6-23-41(46)42-24-7-11-29-47(42)55/h1-35H. The molecule has 10 aromatic rings. The molecule has 2 nitrogen and oxygen atoms in total. The van der Waals surface area contributed by atoms with E-state index in [0.29, 0.717) is 0 Å².